The van der Waals surface area contributed by atoms with Crippen molar-refractivity contribution < 1.29 is 9.72 Å². The number of amides is 1. The number of nitro groups is 1. The molecule has 1 N–H and O–H groups in total. The first-order valence-electron chi connectivity index (χ1n) is 3.19. The normalized spacial score (nSPS) is 9.91. The number of carbonyl (C=O) groups excluding carboxylic acids is 1. The highest BCUT2D eigenvalue weighted by Crippen LogP contribution is 1.72. The zero-order valence-corrected chi connectivity index (χ0v) is 6.24. The van der Waals surface area contributed by atoms with Gasteiger partial charge in [-0.05, 0) is 13.0 Å². The quantitative estimate of drug-likeness (QED) is 0.354. The Kier molecular flexibility index (Phi) is 4.72. The van der Waals surface area contributed by atoms with Crippen molar-refractivity contribution in [3.8, 4) is 0 Å². The largest absolute Gasteiger partial charge is 0.346 e. The van der Waals surface area contributed by atoms with Gasteiger partial charge in [0.15, 0.2) is 0 Å². The zero-order valence-electron chi connectivity index (χ0n) is 6.24. The van der Waals surface area contributed by atoms with E-state index in [4.69, 9.17) is 0 Å². The Morgan fingerprint density at radius 1 is 1.73 bits per heavy atom. The van der Waals surface area contributed by atoms with E-state index in [-0.39, 0.29) is 19.0 Å². The van der Waals surface area contributed by atoms with Crippen molar-refractivity contribution in [2.45, 2.75) is 6.92 Å². The van der Waals surface area contributed by atoms with Gasteiger partial charge in [-0.15, -0.1) is 0 Å². The molecule has 0 aromatic rings. The highest BCUT2D eigenvalue weighted by Gasteiger charge is 1.97. The van der Waals surface area contributed by atoms with Crippen molar-refractivity contribution in [2.24, 2.45) is 0 Å². The van der Waals surface area contributed by atoms with Crippen molar-refractivity contribution in [1.29, 1.82) is 0 Å². The topological polar surface area (TPSA) is 72.2 Å². The van der Waals surface area contributed by atoms with Crippen LogP contribution in [0.25, 0.3) is 0 Å². The molecule has 0 aliphatic rings. The van der Waals surface area contributed by atoms with E-state index in [2.05, 4.69) is 5.32 Å². The van der Waals surface area contributed by atoms with E-state index in [0.717, 1.165) is 0 Å². The van der Waals surface area contributed by atoms with Crippen LogP contribution in [0.5, 0.6) is 0 Å². The van der Waals surface area contributed by atoms with Crippen molar-refractivity contribution in [2.75, 3.05) is 13.1 Å². The molecule has 0 radical (unpaired) electrons. The molecule has 0 unspecified atom stereocenters. The Morgan fingerprint density at radius 3 is 2.82 bits per heavy atom. The lowest BCUT2D eigenvalue weighted by molar-refractivity contribution is -0.477. The Labute approximate surface area is 64.2 Å². The molecule has 5 heteroatoms. The molecule has 1 amide bonds. The predicted octanol–water partition coefficient (Wildman–Crippen LogP) is -0.0446. The number of nitrogens with zero attached hydrogens (tertiary/aromatic N) is 1. The van der Waals surface area contributed by atoms with E-state index in [1.54, 1.807) is 13.0 Å². The number of nitrogens with one attached hydrogen (secondary N) is 1. The molecule has 0 aromatic carbocycles. The average molecular weight is 158 g/mol. The van der Waals surface area contributed by atoms with E-state index >= 15 is 0 Å². The summed E-state index contributed by atoms with van der Waals surface area (Å²) in [5, 5.41) is 12.1. The van der Waals surface area contributed by atoms with Crippen LogP contribution in [0.1, 0.15) is 6.92 Å². The lowest BCUT2D eigenvalue weighted by Crippen LogP contribution is -2.26. The van der Waals surface area contributed by atoms with Crippen LogP contribution in [-0.4, -0.2) is 23.9 Å². The fourth-order valence-corrected chi connectivity index (χ4v) is 0.481. The Balaban J connectivity index is 3.39. The van der Waals surface area contributed by atoms with Crippen LogP contribution >= 0.6 is 0 Å². The molecule has 0 atom stereocenters. The van der Waals surface area contributed by atoms with E-state index < -0.39 is 4.92 Å². The van der Waals surface area contributed by atoms with Gasteiger partial charge in [-0.1, -0.05) is 6.08 Å². The average Bonchev–Trinajstić information content (AvgIpc) is 1.87. The molecule has 0 fully saturated rings. The van der Waals surface area contributed by atoms with Crippen LogP contribution in [0, 0.1) is 10.1 Å². The van der Waals surface area contributed by atoms with Crippen molar-refractivity contribution in [3.63, 3.8) is 0 Å². The molecule has 0 rings (SSSR count). The summed E-state index contributed by atoms with van der Waals surface area (Å²) in [5.74, 6) is -0.297. The summed E-state index contributed by atoms with van der Waals surface area (Å²) in [6.07, 6.45) is 2.89. The number of hydrogen-bond donors (Lipinski definition) is 1. The molecule has 0 aliphatic carbocycles. The summed E-state index contributed by atoms with van der Waals surface area (Å²) in [5.41, 5.74) is 0. The molecule has 0 aromatic heterocycles. The molecular formula is C6H10N2O3. The predicted molar refractivity (Wildman–Crippen MR) is 39.7 cm³/mol. The van der Waals surface area contributed by atoms with Crippen LogP contribution in [0.2, 0.25) is 0 Å². The summed E-state index contributed by atoms with van der Waals surface area (Å²) in [6.45, 7) is 1.55. The Bertz CT molecular complexity index is 177. The number of carbonyl (C=O) groups is 1. The zero-order chi connectivity index (χ0) is 8.69. The fraction of sp³-hybridized carbons (Fsp3) is 0.500. The van der Waals surface area contributed by atoms with Crippen LogP contribution in [0.3, 0.4) is 0 Å². The first-order valence-corrected chi connectivity index (χ1v) is 3.19. The number of rotatable bonds is 4. The van der Waals surface area contributed by atoms with Gasteiger partial charge in [-0.3, -0.25) is 14.9 Å². The van der Waals surface area contributed by atoms with Crippen molar-refractivity contribution in [3.05, 3.63) is 22.3 Å². The molecule has 11 heavy (non-hydrogen) atoms. The molecular weight excluding hydrogens is 148 g/mol. The minimum atomic E-state index is -0.476. The second kappa shape index (κ2) is 5.40. The van der Waals surface area contributed by atoms with Crippen LogP contribution in [-0.2, 0) is 4.79 Å². The Hall–Kier alpha value is -1.39. The summed E-state index contributed by atoms with van der Waals surface area (Å²) in [6, 6.07) is 0. The number of hydrogen-bond acceptors (Lipinski definition) is 3. The number of allylic oxidation sites excluding steroid dienone is 1. The summed E-state index contributed by atoms with van der Waals surface area (Å²) >= 11 is 0. The van der Waals surface area contributed by atoms with Crippen LogP contribution in [0.4, 0.5) is 0 Å². The Morgan fingerprint density at radius 2 is 2.36 bits per heavy atom. The molecule has 5 nitrogen and oxygen atoms in total. The fourth-order valence-electron chi connectivity index (χ4n) is 0.481. The van der Waals surface area contributed by atoms with Gasteiger partial charge in [0.25, 0.3) is 0 Å². The van der Waals surface area contributed by atoms with Gasteiger partial charge >= 0.3 is 0 Å². The van der Waals surface area contributed by atoms with E-state index in [0.29, 0.717) is 0 Å². The standard InChI is InChI=1S/C6H10N2O3/c1-2-3-6(9)7-4-5-8(10)11/h2-3H,4-5H2,1H3,(H,7,9). The van der Waals surface area contributed by atoms with Gasteiger partial charge in [-0.25, -0.2) is 0 Å². The van der Waals surface area contributed by atoms with E-state index in [1.807, 2.05) is 0 Å². The molecule has 0 aliphatic heterocycles. The van der Waals surface area contributed by atoms with Crippen molar-refractivity contribution >= 4 is 5.91 Å². The van der Waals surface area contributed by atoms with Gasteiger partial charge in [0, 0.05) is 4.92 Å². The third kappa shape index (κ3) is 6.50. The maximum Gasteiger partial charge on any atom is 0.243 e. The van der Waals surface area contributed by atoms with Gasteiger partial charge < -0.3 is 5.32 Å². The smallest absolute Gasteiger partial charge is 0.243 e. The summed E-state index contributed by atoms with van der Waals surface area (Å²) < 4.78 is 0. The molecule has 0 heterocycles. The minimum absolute atomic E-state index is 0.0795. The third-order valence-electron chi connectivity index (χ3n) is 0.912. The lowest BCUT2D eigenvalue weighted by atomic mass is 10.5. The minimum Gasteiger partial charge on any atom is -0.346 e. The van der Waals surface area contributed by atoms with Crippen molar-refractivity contribution in [1.82, 2.24) is 5.32 Å². The second-order valence-corrected chi connectivity index (χ2v) is 1.85. The van der Waals surface area contributed by atoms with Gasteiger partial charge in [-0.2, -0.15) is 0 Å². The highest BCUT2D eigenvalue weighted by atomic mass is 16.6. The van der Waals surface area contributed by atoms with E-state index in [1.165, 1.54) is 6.08 Å². The lowest BCUT2D eigenvalue weighted by Gasteiger charge is -1.95. The maximum atomic E-state index is 10.6. The first kappa shape index (κ1) is 9.61. The second-order valence-electron chi connectivity index (χ2n) is 1.85. The summed E-state index contributed by atoms with van der Waals surface area (Å²) in [4.78, 5) is 19.9. The summed E-state index contributed by atoms with van der Waals surface area (Å²) in [7, 11) is 0. The van der Waals surface area contributed by atoms with E-state index in [9.17, 15) is 14.9 Å². The first-order chi connectivity index (χ1) is 5.16. The van der Waals surface area contributed by atoms with Crippen LogP contribution in [0.15, 0.2) is 12.2 Å². The van der Waals surface area contributed by atoms with Gasteiger partial charge in [0.1, 0.15) is 0 Å². The maximum absolute atomic E-state index is 10.6. The molecule has 62 valence electrons. The third-order valence-corrected chi connectivity index (χ3v) is 0.912. The molecule has 0 saturated heterocycles. The molecule has 0 saturated carbocycles. The van der Waals surface area contributed by atoms with Crippen LogP contribution < -0.4 is 5.32 Å². The molecule has 0 bridgehead atoms. The van der Waals surface area contributed by atoms with Gasteiger partial charge in [0.2, 0.25) is 12.5 Å². The van der Waals surface area contributed by atoms with Gasteiger partial charge in [0.05, 0.1) is 6.54 Å². The molecule has 0 spiro atoms. The highest BCUT2D eigenvalue weighted by molar-refractivity contribution is 5.87. The SMILES string of the molecule is CC=CC(=O)NCC[N+](=O)[O-]. The monoisotopic (exact) mass is 158 g/mol.